The lowest BCUT2D eigenvalue weighted by atomic mass is 10.2. The van der Waals surface area contributed by atoms with Crippen LogP contribution in [0.1, 0.15) is 56.7 Å². The Labute approximate surface area is 133 Å². The summed E-state index contributed by atoms with van der Waals surface area (Å²) < 4.78 is 4.00. The Morgan fingerprint density at radius 3 is 2.24 bits per heavy atom. The Hall–Kier alpha value is -1.33. The van der Waals surface area contributed by atoms with Crippen molar-refractivity contribution in [3.63, 3.8) is 0 Å². The van der Waals surface area contributed by atoms with E-state index in [2.05, 4.69) is 62.4 Å². The highest BCUT2D eigenvalue weighted by Gasteiger charge is 2.07. The summed E-state index contributed by atoms with van der Waals surface area (Å²) in [6, 6.07) is 2.89. The van der Waals surface area contributed by atoms with Crippen molar-refractivity contribution in [3.8, 4) is 0 Å². The maximum Gasteiger partial charge on any atom is 0.0762 e. The second-order valence-corrected chi connectivity index (χ2v) is 5.80. The average Bonchev–Trinajstić information content (AvgIpc) is 2.97. The fraction of sp³-hybridized carbons (Fsp3) is 0.600. The first-order valence-electron chi connectivity index (χ1n) is 7.26. The largest absolute Gasteiger partial charge is 0.307 e. The first-order chi connectivity index (χ1) is 9.47. The van der Waals surface area contributed by atoms with E-state index in [4.69, 9.17) is 0 Å². The molecule has 5 nitrogen and oxygen atoms in total. The molecule has 0 fully saturated rings. The third-order valence-electron chi connectivity index (χ3n) is 3.36. The third kappa shape index (κ3) is 4.58. The van der Waals surface area contributed by atoms with Gasteiger partial charge in [-0.3, -0.25) is 9.36 Å². The zero-order chi connectivity index (χ0) is 14.7. The number of rotatable bonds is 6. The van der Waals surface area contributed by atoms with E-state index in [-0.39, 0.29) is 12.4 Å². The topological polar surface area (TPSA) is 47.7 Å². The van der Waals surface area contributed by atoms with E-state index in [1.54, 1.807) is 0 Å². The van der Waals surface area contributed by atoms with Crippen LogP contribution in [0.4, 0.5) is 0 Å². The molecule has 21 heavy (non-hydrogen) atoms. The summed E-state index contributed by atoms with van der Waals surface area (Å²) in [4.78, 5) is 0. The van der Waals surface area contributed by atoms with Crippen LogP contribution in [0.3, 0.4) is 0 Å². The van der Waals surface area contributed by atoms with E-state index in [0.29, 0.717) is 12.1 Å². The first kappa shape index (κ1) is 17.7. The molecule has 2 heterocycles. The molecule has 0 saturated heterocycles. The molecular weight excluding hydrogens is 286 g/mol. The lowest BCUT2D eigenvalue weighted by molar-refractivity contribution is 0.521. The van der Waals surface area contributed by atoms with Gasteiger partial charge < -0.3 is 5.32 Å². The van der Waals surface area contributed by atoms with Crippen LogP contribution in [-0.2, 0) is 13.1 Å². The van der Waals surface area contributed by atoms with Gasteiger partial charge in [-0.2, -0.15) is 10.2 Å². The van der Waals surface area contributed by atoms with Crippen LogP contribution >= 0.6 is 12.4 Å². The van der Waals surface area contributed by atoms with Crippen LogP contribution in [0.5, 0.6) is 0 Å². The van der Waals surface area contributed by atoms with E-state index < -0.39 is 0 Å². The lowest BCUT2D eigenvalue weighted by Crippen LogP contribution is -2.14. The maximum absolute atomic E-state index is 4.53. The Kier molecular flexibility index (Phi) is 6.42. The third-order valence-corrected chi connectivity index (χ3v) is 3.36. The molecule has 6 heteroatoms. The molecule has 0 spiro atoms. The molecule has 2 aromatic heterocycles. The van der Waals surface area contributed by atoms with E-state index in [1.807, 2.05) is 15.6 Å². The average molecular weight is 312 g/mol. The molecule has 0 atom stereocenters. The molecular formula is C15H26ClN5. The summed E-state index contributed by atoms with van der Waals surface area (Å²) in [7, 11) is 0. The van der Waals surface area contributed by atoms with E-state index in [1.165, 1.54) is 5.56 Å². The van der Waals surface area contributed by atoms with Crippen LogP contribution in [0.25, 0.3) is 0 Å². The van der Waals surface area contributed by atoms with Crippen molar-refractivity contribution in [1.29, 1.82) is 0 Å². The lowest BCUT2D eigenvalue weighted by Gasteiger charge is -2.05. The predicted molar refractivity (Wildman–Crippen MR) is 87.8 cm³/mol. The molecule has 0 radical (unpaired) electrons. The standard InChI is InChI=1S/C15H25N5.ClH/c1-11(2)19-7-6-15(18-19)9-16-8-14-10-20(12(3)4)17-13(14)5;/h6-7,10-12,16H,8-9H2,1-5H3;1H. The maximum atomic E-state index is 4.53. The number of hydrogen-bond donors (Lipinski definition) is 1. The first-order valence-corrected chi connectivity index (χ1v) is 7.26. The molecule has 0 aromatic carbocycles. The van der Waals surface area contributed by atoms with E-state index in [9.17, 15) is 0 Å². The highest BCUT2D eigenvalue weighted by atomic mass is 35.5. The number of aromatic nitrogens is 4. The zero-order valence-corrected chi connectivity index (χ0v) is 14.3. The normalized spacial score (nSPS) is 11.2. The van der Waals surface area contributed by atoms with Gasteiger partial charge in [0.25, 0.3) is 0 Å². The fourth-order valence-electron chi connectivity index (χ4n) is 2.04. The van der Waals surface area contributed by atoms with Gasteiger partial charge in [0.1, 0.15) is 0 Å². The van der Waals surface area contributed by atoms with Gasteiger partial charge in [0, 0.05) is 43.1 Å². The Morgan fingerprint density at radius 2 is 1.71 bits per heavy atom. The fourth-order valence-corrected chi connectivity index (χ4v) is 2.04. The monoisotopic (exact) mass is 311 g/mol. The molecule has 0 unspecified atom stereocenters. The van der Waals surface area contributed by atoms with E-state index in [0.717, 1.165) is 24.5 Å². The number of nitrogens with zero attached hydrogens (tertiary/aromatic N) is 4. The van der Waals surface area contributed by atoms with Gasteiger partial charge in [-0.15, -0.1) is 12.4 Å². The minimum Gasteiger partial charge on any atom is -0.307 e. The molecule has 0 saturated carbocycles. The van der Waals surface area contributed by atoms with Crippen LogP contribution in [-0.4, -0.2) is 19.6 Å². The van der Waals surface area contributed by atoms with Gasteiger partial charge in [0.2, 0.25) is 0 Å². The summed E-state index contributed by atoms with van der Waals surface area (Å²) in [5, 5.41) is 12.5. The molecule has 0 aliphatic carbocycles. The van der Waals surface area contributed by atoms with Crippen molar-refractivity contribution in [1.82, 2.24) is 24.9 Å². The summed E-state index contributed by atoms with van der Waals surface area (Å²) in [5.41, 5.74) is 3.42. The van der Waals surface area contributed by atoms with Crippen molar-refractivity contribution in [2.75, 3.05) is 0 Å². The number of hydrogen-bond acceptors (Lipinski definition) is 3. The van der Waals surface area contributed by atoms with Gasteiger partial charge in [0.05, 0.1) is 11.4 Å². The zero-order valence-electron chi connectivity index (χ0n) is 13.5. The SMILES string of the molecule is Cc1nn(C(C)C)cc1CNCc1ccn(C(C)C)n1.Cl. The van der Waals surface area contributed by atoms with Crippen molar-refractivity contribution < 1.29 is 0 Å². The van der Waals surface area contributed by atoms with E-state index >= 15 is 0 Å². The van der Waals surface area contributed by atoms with Crippen LogP contribution in [0.2, 0.25) is 0 Å². The molecule has 0 bridgehead atoms. The van der Waals surface area contributed by atoms with Gasteiger partial charge >= 0.3 is 0 Å². The Bertz CT molecular complexity index is 556. The number of aryl methyl sites for hydroxylation is 1. The van der Waals surface area contributed by atoms with Crippen molar-refractivity contribution in [2.24, 2.45) is 0 Å². The van der Waals surface area contributed by atoms with Crippen molar-refractivity contribution in [2.45, 2.75) is 59.8 Å². The molecule has 2 aromatic rings. The molecule has 0 aliphatic rings. The van der Waals surface area contributed by atoms with Crippen molar-refractivity contribution in [3.05, 3.63) is 35.4 Å². The van der Waals surface area contributed by atoms with Crippen LogP contribution < -0.4 is 5.32 Å². The second-order valence-electron chi connectivity index (χ2n) is 5.80. The summed E-state index contributed by atoms with van der Waals surface area (Å²) in [5.74, 6) is 0. The van der Waals surface area contributed by atoms with Gasteiger partial charge in [-0.05, 0) is 40.7 Å². The number of halogens is 1. The Balaban J connectivity index is 0.00000220. The quantitative estimate of drug-likeness (QED) is 0.890. The van der Waals surface area contributed by atoms with Gasteiger partial charge in [-0.1, -0.05) is 0 Å². The van der Waals surface area contributed by atoms with Crippen molar-refractivity contribution >= 4 is 12.4 Å². The van der Waals surface area contributed by atoms with Gasteiger partial charge in [-0.25, -0.2) is 0 Å². The van der Waals surface area contributed by atoms with Crippen LogP contribution in [0, 0.1) is 6.92 Å². The molecule has 1 N–H and O–H groups in total. The summed E-state index contributed by atoms with van der Waals surface area (Å²) in [6.07, 6.45) is 4.16. The minimum absolute atomic E-state index is 0. The van der Waals surface area contributed by atoms with Crippen LogP contribution in [0.15, 0.2) is 18.5 Å². The second kappa shape index (κ2) is 7.61. The number of nitrogens with one attached hydrogen (secondary N) is 1. The molecule has 0 amide bonds. The van der Waals surface area contributed by atoms with Gasteiger partial charge in [0.15, 0.2) is 0 Å². The molecule has 118 valence electrons. The highest BCUT2D eigenvalue weighted by molar-refractivity contribution is 5.85. The summed E-state index contributed by atoms with van der Waals surface area (Å²) in [6.45, 7) is 12.2. The smallest absolute Gasteiger partial charge is 0.0762 e. The predicted octanol–water partition coefficient (Wildman–Crippen LogP) is 3.26. The molecule has 0 aliphatic heterocycles. The Morgan fingerprint density at radius 1 is 1.05 bits per heavy atom. The molecule has 2 rings (SSSR count). The summed E-state index contributed by atoms with van der Waals surface area (Å²) >= 11 is 0. The minimum atomic E-state index is 0. The highest BCUT2D eigenvalue weighted by Crippen LogP contribution is 2.10.